The third-order valence-corrected chi connectivity index (χ3v) is 5.01. The van der Waals surface area contributed by atoms with Crippen molar-refractivity contribution in [2.45, 2.75) is 25.0 Å². The van der Waals surface area contributed by atoms with Gasteiger partial charge in [-0.05, 0) is 24.3 Å². The van der Waals surface area contributed by atoms with E-state index in [-0.39, 0.29) is 53.7 Å². The summed E-state index contributed by atoms with van der Waals surface area (Å²) >= 11 is 0. The summed E-state index contributed by atoms with van der Waals surface area (Å²) in [6, 6.07) is 0. The van der Waals surface area contributed by atoms with Crippen LogP contribution in [0.4, 0.5) is 0 Å². The molecule has 0 bridgehead atoms. The van der Waals surface area contributed by atoms with Crippen LogP contribution in [0.2, 0.25) is 0 Å². The molecule has 0 saturated heterocycles. The number of carbonyl (C=O) groups is 5. The maximum Gasteiger partial charge on any atom is 0.202 e. The summed E-state index contributed by atoms with van der Waals surface area (Å²) in [7, 11) is 0. The summed E-state index contributed by atoms with van der Waals surface area (Å²) < 4.78 is 10.9. The summed E-state index contributed by atoms with van der Waals surface area (Å²) in [5, 5.41) is 0. The molecular weight excluding hydrogens is 340 g/mol. The fourth-order valence-electron chi connectivity index (χ4n) is 3.54. The molecule has 2 heterocycles. The average Bonchev–Trinajstić information content (AvgIpc) is 2.66. The maximum atomic E-state index is 12.7. The zero-order valence-electron chi connectivity index (χ0n) is 13.6. The quantitative estimate of drug-likeness (QED) is 0.659. The summed E-state index contributed by atoms with van der Waals surface area (Å²) in [4.78, 5) is 60.4. The number of fused-ring (bicyclic) bond motifs is 1. The molecule has 2 aliphatic heterocycles. The maximum absolute atomic E-state index is 12.7. The van der Waals surface area contributed by atoms with Gasteiger partial charge in [0.1, 0.15) is 6.10 Å². The van der Waals surface area contributed by atoms with Crippen LogP contribution in [0.15, 0.2) is 47.3 Å². The van der Waals surface area contributed by atoms with E-state index in [1.807, 2.05) is 0 Å². The van der Waals surface area contributed by atoms with Gasteiger partial charge in [-0.1, -0.05) is 0 Å². The molecule has 0 spiro atoms. The van der Waals surface area contributed by atoms with Crippen LogP contribution < -0.4 is 0 Å². The van der Waals surface area contributed by atoms with Crippen molar-refractivity contribution < 1.29 is 33.4 Å². The molecule has 132 valence electrons. The normalized spacial score (nSPS) is 30.6. The lowest BCUT2D eigenvalue weighted by molar-refractivity contribution is -0.142. The standard InChI is InChI=1S/C19H14O7/c20-13-1-3-15(22)11-7-25-17(5-9(11)13)19(24)18-6-10-12(8-26-18)16(23)4-2-14(10)21/h1-4,7,9,17-18H,5-6,8H2. The second-order valence-electron chi connectivity index (χ2n) is 6.51. The lowest BCUT2D eigenvalue weighted by atomic mass is 9.80. The molecule has 0 aromatic rings. The van der Waals surface area contributed by atoms with Crippen molar-refractivity contribution in [2.75, 3.05) is 6.61 Å². The first-order valence-electron chi connectivity index (χ1n) is 8.21. The van der Waals surface area contributed by atoms with Gasteiger partial charge in [-0.15, -0.1) is 0 Å². The predicted octanol–water partition coefficient (Wildman–Crippen LogP) is 0.346. The van der Waals surface area contributed by atoms with Crippen LogP contribution in [0.3, 0.4) is 0 Å². The number of Topliss-reactive ketones (excluding diaryl/α,β-unsaturated/α-hetero) is 1. The Kier molecular flexibility index (Phi) is 3.88. The van der Waals surface area contributed by atoms with Crippen LogP contribution in [0.5, 0.6) is 0 Å². The third kappa shape index (κ3) is 2.61. The van der Waals surface area contributed by atoms with Crippen molar-refractivity contribution in [1.82, 2.24) is 0 Å². The number of rotatable bonds is 2. The highest BCUT2D eigenvalue weighted by atomic mass is 16.5. The number of ketones is 5. The molecule has 7 heteroatoms. The van der Waals surface area contributed by atoms with Crippen LogP contribution in [0.25, 0.3) is 0 Å². The molecule has 0 fully saturated rings. The minimum absolute atomic E-state index is 0.00302. The lowest BCUT2D eigenvalue weighted by Gasteiger charge is -2.32. The molecule has 4 aliphatic rings. The van der Waals surface area contributed by atoms with E-state index in [0.717, 1.165) is 0 Å². The van der Waals surface area contributed by atoms with Crippen molar-refractivity contribution in [3.8, 4) is 0 Å². The number of hydrogen-bond acceptors (Lipinski definition) is 7. The van der Waals surface area contributed by atoms with E-state index < -0.39 is 23.9 Å². The molecule has 0 N–H and O–H groups in total. The Morgan fingerprint density at radius 1 is 0.885 bits per heavy atom. The van der Waals surface area contributed by atoms with Crippen molar-refractivity contribution >= 4 is 28.9 Å². The Morgan fingerprint density at radius 2 is 1.58 bits per heavy atom. The molecule has 0 saturated carbocycles. The van der Waals surface area contributed by atoms with Gasteiger partial charge < -0.3 is 9.47 Å². The second-order valence-corrected chi connectivity index (χ2v) is 6.51. The predicted molar refractivity (Wildman–Crippen MR) is 85.8 cm³/mol. The van der Waals surface area contributed by atoms with Gasteiger partial charge in [0.25, 0.3) is 0 Å². The molecule has 26 heavy (non-hydrogen) atoms. The van der Waals surface area contributed by atoms with Crippen molar-refractivity contribution in [2.24, 2.45) is 5.92 Å². The van der Waals surface area contributed by atoms with Gasteiger partial charge >= 0.3 is 0 Å². The molecule has 3 atom stereocenters. The van der Waals surface area contributed by atoms with Crippen molar-refractivity contribution in [3.63, 3.8) is 0 Å². The zero-order valence-corrected chi connectivity index (χ0v) is 13.6. The van der Waals surface area contributed by atoms with Gasteiger partial charge in [0.15, 0.2) is 29.2 Å². The van der Waals surface area contributed by atoms with E-state index in [1.54, 1.807) is 0 Å². The van der Waals surface area contributed by atoms with E-state index in [2.05, 4.69) is 0 Å². The smallest absolute Gasteiger partial charge is 0.202 e. The van der Waals surface area contributed by atoms with E-state index >= 15 is 0 Å². The monoisotopic (exact) mass is 354 g/mol. The van der Waals surface area contributed by atoms with Crippen molar-refractivity contribution in [3.05, 3.63) is 47.3 Å². The molecule has 0 aromatic heterocycles. The fourth-order valence-corrected chi connectivity index (χ4v) is 3.54. The first kappa shape index (κ1) is 16.5. The van der Waals surface area contributed by atoms with E-state index in [1.165, 1.54) is 30.6 Å². The van der Waals surface area contributed by atoms with Gasteiger partial charge in [0.2, 0.25) is 5.78 Å². The number of hydrogen-bond donors (Lipinski definition) is 0. The second kappa shape index (κ2) is 6.10. The fraction of sp³-hybridized carbons (Fsp3) is 0.316. The number of allylic oxidation sites excluding steroid dienone is 5. The molecule has 0 amide bonds. The van der Waals surface area contributed by atoms with Gasteiger partial charge in [-0.3, -0.25) is 24.0 Å². The van der Waals surface area contributed by atoms with Crippen LogP contribution in [0.1, 0.15) is 12.8 Å². The number of carbonyl (C=O) groups excluding carboxylic acids is 5. The highest BCUT2D eigenvalue weighted by molar-refractivity contribution is 6.21. The van der Waals surface area contributed by atoms with Gasteiger partial charge in [-0.2, -0.15) is 0 Å². The van der Waals surface area contributed by atoms with E-state index in [0.29, 0.717) is 5.57 Å². The third-order valence-electron chi connectivity index (χ3n) is 5.01. The Morgan fingerprint density at radius 3 is 2.35 bits per heavy atom. The molecule has 4 rings (SSSR count). The summed E-state index contributed by atoms with van der Waals surface area (Å²) in [5.74, 6) is -2.24. The Bertz CT molecular complexity index is 878. The van der Waals surface area contributed by atoms with Gasteiger partial charge in [0.05, 0.1) is 18.8 Å². The molecule has 3 unspecified atom stereocenters. The first-order valence-corrected chi connectivity index (χ1v) is 8.21. The van der Waals surface area contributed by atoms with Gasteiger partial charge in [-0.25, -0.2) is 0 Å². The van der Waals surface area contributed by atoms with Crippen LogP contribution >= 0.6 is 0 Å². The Labute approximate surface area is 148 Å². The van der Waals surface area contributed by atoms with E-state index in [9.17, 15) is 24.0 Å². The highest BCUT2D eigenvalue weighted by Gasteiger charge is 2.42. The Hall–Kier alpha value is -2.93. The lowest BCUT2D eigenvalue weighted by Crippen LogP contribution is -2.43. The van der Waals surface area contributed by atoms with E-state index in [4.69, 9.17) is 9.47 Å². The molecule has 0 aromatic carbocycles. The SMILES string of the molecule is O=C1C=CC(=O)C2CC(C(=O)C3CC4=C(CO3)C(=O)C=CC4=O)OC=C12. The zero-order chi connectivity index (χ0) is 18.4. The Balaban J connectivity index is 1.52. The minimum Gasteiger partial charge on any atom is -0.490 e. The molecule has 7 nitrogen and oxygen atoms in total. The topological polar surface area (TPSA) is 104 Å². The number of ether oxygens (including phenoxy) is 2. The minimum atomic E-state index is -0.941. The van der Waals surface area contributed by atoms with Crippen LogP contribution in [-0.4, -0.2) is 47.7 Å². The highest BCUT2D eigenvalue weighted by Crippen LogP contribution is 2.33. The molecule has 2 aliphatic carbocycles. The molecule has 0 radical (unpaired) electrons. The van der Waals surface area contributed by atoms with Crippen LogP contribution in [-0.2, 0) is 33.4 Å². The van der Waals surface area contributed by atoms with Crippen LogP contribution in [0, 0.1) is 5.92 Å². The van der Waals surface area contributed by atoms with Crippen molar-refractivity contribution in [1.29, 1.82) is 0 Å². The average molecular weight is 354 g/mol. The summed E-state index contributed by atoms with van der Waals surface area (Å²) in [6.07, 6.45) is 4.14. The molecular formula is C19H14O7. The first-order chi connectivity index (χ1) is 12.5. The van der Waals surface area contributed by atoms with Gasteiger partial charge in [0, 0.05) is 29.6 Å². The largest absolute Gasteiger partial charge is 0.490 e. The summed E-state index contributed by atoms with van der Waals surface area (Å²) in [6.45, 7) is -0.113. The summed E-state index contributed by atoms with van der Waals surface area (Å²) in [5.41, 5.74) is 0.821.